The molecule has 2 atom stereocenters. The van der Waals surface area contributed by atoms with Gasteiger partial charge in [-0.3, -0.25) is 0 Å². The van der Waals surface area contributed by atoms with Crippen molar-refractivity contribution in [3.63, 3.8) is 0 Å². The molecule has 0 aromatic rings. The van der Waals surface area contributed by atoms with Crippen molar-refractivity contribution in [2.24, 2.45) is 5.92 Å². The Bertz CT molecular complexity index is 220. The van der Waals surface area contributed by atoms with Crippen LogP contribution in [0.15, 0.2) is 11.8 Å². The van der Waals surface area contributed by atoms with Crippen molar-refractivity contribution in [2.75, 3.05) is 7.11 Å². The lowest BCUT2D eigenvalue weighted by molar-refractivity contribution is -0.152. The Balaban J connectivity index is 2.60. The summed E-state index contributed by atoms with van der Waals surface area (Å²) < 4.78 is 10.1. The van der Waals surface area contributed by atoms with E-state index < -0.39 is 0 Å². The van der Waals surface area contributed by atoms with Gasteiger partial charge in [0.15, 0.2) is 5.76 Å². The molecule has 0 N–H and O–H groups in total. The van der Waals surface area contributed by atoms with Gasteiger partial charge in [-0.2, -0.15) is 0 Å². The van der Waals surface area contributed by atoms with E-state index in [9.17, 15) is 4.79 Å². The van der Waals surface area contributed by atoms with Crippen LogP contribution in [0.4, 0.5) is 0 Å². The molecule has 0 aromatic carbocycles. The first-order chi connectivity index (χ1) is 6.19. The van der Waals surface area contributed by atoms with Gasteiger partial charge in [0.25, 0.3) is 0 Å². The van der Waals surface area contributed by atoms with Crippen molar-refractivity contribution in [1.29, 1.82) is 0 Å². The van der Waals surface area contributed by atoms with Gasteiger partial charge in [0.05, 0.1) is 7.11 Å². The van der Waals surface area contributed by atoms with Gasteiger partial charge < -0.3 is 9.47 Å². The summed E-state index contributed by atoms with van der Waals surface area (Å²) in [4.78, 5) is 11.2. The molecule has 0 spiro atoms. The molecule has 1 rings (SSSR count). The Kier molecular flexibility index (Phi) is 3.34. The molecule has 0 unspecified atom stereocenters. The summed E-state index contributed by atoms with van der Waals surface area (Å²) in [6.45, 7) is 4.18. The maximum atomic E-state index is 11.2. The molecule has 0 amide bonds. The fourth-order valence-corrected chi connectivity index (χ4v) is 1.33. The van der Waals surface area contributed by atoms with E-state index in [2.05, 4.69) is 13.8 Å². The summed E-state index contributed by atoms with van der Waals surface area (Å²) in [6.07, 6.45) is 3.62. The molecule has 1 heterocycles. The number of methoxy groups -OCH3 is 1. The molecular weight excluding hydrogens is 168 g/mol. The molecule has 3 nitrogen and oxygen atoms in total. The smallest absolute Gasteiger partial charge is 0.373 e. The Morgan fingerprint density at radius 3 is 2.92 bits per heavy atom. The molecule has 0 bridgehead atoms. The van der Waals surface area contributed by atoms with Crippen LogP contribution >= 0.6 is 0 Å². The first-order valence-electron chi connectivity index (χ1n) is 4.64. The van der Waals surface area contributed by atoms with Crippen LogP contribution in [-0.2, 0) is 14.3 Å². The number of carbonyl (C=O) groups is 1. The molecule has 0 radical (unpaired) electrons. The molecule has 0 aromatic heterocycles. The predicted molar refractivity (Wildman–Crippen MR) is 49.0 cm³/mol. The number of rotatable bonds is 3. The Labute approximate surface area is 78.7 Å². The maximum absolute atomic E-state index is 11.2. The highest BCUT2D eigenvalue weighted by Gasteiger charge is 2.26. The van der Waals surface area contributed by atoms with E-state index in [4.69, 9.17) is 9.47 Å². The minimum absolute atomic E-state index is 0.0244. The average Bonchev–Trinajstić information content (AvgIpc) is 2.16. The summed E-state index contributed by atoms with van der Waals surface area (Å²) in [5.41, 5.74) is 0. The standard InChI is InChI=1S/C10H16O3/c1-4-7(2)8-5-6-9(12-3)10(11)13-8/h6-8H,4-5H2,1-3H3/t7-,8-/m0/s1. The van der Waals surface area contributed by atoms with E-state index in [1.807, 2.05) is 6.08 Å². The molecule has 3 heteroatoms. The first-order valence-corrected chi connectivity index (χ1v) is 4.64. The van der Waals surface area contributed by atoms with Crippen molar-refractivity contribution in [1.82, 2.24) is 0 Å². The second kappa shape index (κ2) is 4.30. The fraction of sp³-hybridized carbons (Fsp3) is 0.700. The van der Waals surface area contributed by atoms with Gasteiger partial charge in [-0.15, -0.1) is 0 Å². The van der Waals surface area contributed by atoms with Crippen molar-refractivity contribution in [3.8, 4) is 0 Å². The molecule has 1 aliphatic rings. The van der Waals surface area contributed by atoms with E-state index in [1.54, 1.807) is 0 Å². The minimum atomic E-state index is -0.334. The molecule has 0 fully saturated rings. The second-order valence-electron chi connectivity index (χ2n) is 3.34. The molecule has 0 saturated carbocycles. The third kappa shape index (κ3) is 2.23. The Hall–Kier alpha value is -0.990. The summed E-state index contributed by atoms with van der Waals surface area (Å²) in [5, 5.41) is 0. The van der Waals surface area contributed by atoms with Crippen LogP contribution in [0.25, 0.3) is 0 Å². The van der Waals surface area contributed by atoms with Crippen LogP contribution < -0.4 is 0 Å². The third-order valence-electron chi connectivity index (χ3n) is 2.49. The van der Waals surface area contributed by atoms with Gasteiger partial charge in [0.1, 0.15) is 6.10 Å². The van der Waals surface area contributed by atoms with E-state index in [-0.39, 0.29) is 12.1 Å². The summed E-state index contributed by atoms with van der Waals surface area (Å²) in [6, 6.07) is 0. The van der Waals surface area contributed by atoms with Crippen LogP contribution in [-0.4, -0.2) is 19.2 Å². The number of carbonyl (C=O) groups excluding carboxylic acids is 1. The monoisotopic (exact) mass is 184 g/mol. The van der Waals surface area contributed by atoms with E-state index in [0.29, 0.717) is 11.7 Å². The summed E-state index contributed by atoms with van der Waals surface area (Å²) in [7, 11) is 1.48. The molecule has 74 valence electrons. The number of hydrogen-bond acceptors (Lipinski definition) is 3. The number of esters is 1. The van der Waals surface area contributed by atoms with Gasteiger partial charge >= 0.3 is 5.97 Å². The van der Waals surface area contributed by atoms with Crippen molar-refractivity contribution < 1.29 is 14.3 Å². The van der Waals surface area contributed by atoms with Crippen LogP contribution in [0, 0.1) is 5.92 Å². The van der Waals surface area contributed by atoms with Crippen molar-refractivity contribution >= 4 is 5.97 Å². The van der Waals surface area contributed by atoms with Crippen LogP contribution in [0.1, 0.15) is 26.7 Å². The lowest BCUT2D eigenvalue weighted by atomic mass is 9.97. The summed E-state index contributed by atoms with van der Waals surface area (Å²) >= 11 is 0. The number of cyclic esters (lactones) is 1. The molecule has 1 aliphatic heterocycles. The van der Waals surface area contributed by atoms with E-state index >= 15 is 0 Å². The molecule has 0 aliphatic carbocycles. The number of hydrogen-bond donors (Lipinski definition) is 0. The van der Waals surface area contributed by atoms with Gasteiger partial charge in [0.2, 0.25) is 0 Å². The van der Waals surface area contributed by atoms with Gasteiger partial charge in [-0.05, 0) is 12.0 Å². The zero-order chi connectivity index (χ0) is 9.84. The summed E-state index contributed by atoms with van der Waals surface area (Å²) in [5.74, 6) is 0.414. The quantitative estimate of drug-likeness (QED) is 0.628. The van der Waals surface area contributed by atoms with Crippen molar-refractivity contribution in [2.45, 2.75) is 32.8 Å². The van der Waals surface area contributed by atoms with E-state index in [1.165, 1.54) is 7.11 Å². The lowest BCUT2D eigenvalue weighted by Gasteiger charge is -2.25. The van der Waals surface area contributed by atoms with Crippen LogP contribution in [0.2, 0.25) is 0 Å². The normalized spacial score (nSPS) is 24.7. The van der Waals surface area contributed by atoms with E-state index in [0.717, 1.165) is 12.8 Å². The van der Waals surface area contributed by atoms with Gasteiger partial charge in [-0.1, -0.05) is 20.3 Å². The zero-order valence-electron chi connectivity index (χ0n) is 8.37. The maximum Gasteiger partial charge on any atom is 0.373 e. The third-order valence-corrected chi connectivity index (χ3v) is 2.49. The predicted octanol–water partition coefficient (Wildman–Crippen LogP) is 1.88. The fourth-order valence-electron chi connectivity index (χ4n) is 1.33. The molecule has 0 saturated heterocycles. The Morgan fingerprint density at radius 2 is 2.46 bits per heavy atom. The first kappa shape index (κ1) is 10.1. The van der Waals surface area contributed by atoms with Crippen LogP contribution in [0.5, 0.6) is 0 Å². The average molecular weight is 184 g/mol. The highest BCUT2D eigenvalue weighted by molar-refractivity contribution is 5.87. The largest absolute Gasteiger partial charge is 0.490 e. The van der Waals surface area contributed by atoms with Gasteiger partial charge in [0, 0.05) is 6.42 Å². The highest BCUT2D eigenvalue weighted by Crippen LogP contribution is 2.22. The van der Waals surface area contributed by atoms with Crippen LogP contribution in [0.3, 0.4) is 0 Å². The minimum Gasteiger partial charge on any atom is -0.490 e. The lowest BCUT2D eigenvalue weighted by Crippen LogP contribution is -2.29. The zero-order valence-corrected chi connectivity index (χ0v) is 8.37. The molecule has 13 heavy (non-hydrogen) atoms. The second-order valence-corrected chi connectivity index (χ2v) is 3.34. The SMILES string of the molecule is CC[C@H](C)[C@@H]1CC=C(OC)C(=O)O1. The number of ether oxygens (including phenoxy) is 2. The van der Waals surface area contributed by atoms with Crippen molar-refractivity contribution in [3.05, 3.63) is 11.8 Å². The molecular formula is C10H16O3. The highest BCUT2D eigenvalue weighted by atomic mass is 16.6. The van der Waals surface area contributed by atoms with Gasteiger partial charge in [-0.25, -0.2) is 4.79 Å². The topological polar surface area (TPSA) is 35.5 Å². The Morgan fingerprint density at radius 1 is 1.77 bits per heavy atom.